The van der Waals surface area contributed by atoms with E-state index in [-0.39, 0.29) is 17.2 Å². The first kappa shape index (κ1) is 20.2. The average molecular weight is 415 g/mol. The summed E-state index contributed by atoms with van der Waals surface area (Å²) < 4.78 is 14.6. The van der Waals surface area contributed by atoms with Crippen molar-refractivity contribution < 1.29 is 14.1 Å². The molecule has 3 heterocycles. The summed E-state index contributed by atoms with van der Waals surface area (Å²) in [4.78, 5) is 16.1. The quantitative estimate of drug-likeness (QED) is 0.804. The highest BCUT2D eigenvalue weighted by Gasteiger charge is 2.34. The molecule has 0 saturated heterocycles. The molecule has 0 aliphatic carbocycles. The van der Waals surface area contributed by atoms with Gasteiger partial charge in [-0.25, -0.2) is 0 Å². The van der Waals surface area contributed by atoms with Crippen LogP contribution in [0.15, 0.2) is 23.1 Å². The Morgan fingerprint density at radius 3 is 2.52 bits per heavy atom. The maximum atomic E-state index is 13.6. The van der Waals surface area contributed by atoms with Crippen molar-refractivity contribution in [2.24, 2.45) is 0 Å². The summed E-state index contributed by atoms with van der Waals surface area (Å²) in [5.74, 6) is 0.679. The minimum atomic E-state index is -1.23. The van der Waals surface area contributed by atoms with Crippen molar-refractivity contribution in [3.63, 3.8) is 0 Å². The van der Waals surface area contributed by atoms with Gasteiger partial charge in [0.2, 0.25) is 0 Å². The van der Waals surface area contributed by atoms with Crippen molar-refractivity contribution in [2.75, 3.05) is 12.3 Å². The Kier molecular flexibility index (Phi) is 5.09. The molecule has 0 fully saturated rings. The first-order valence-corrected chi connectivity index (χ1v) is 11.8. The van der Waals surface area contributed by atoms with Gasteiger partial charge >= 0.3 is 0 Å². The van der Waals surface area contributed by atoms with Gasteiger partial charge in [0.05, 0.1) is 15.7 Å². The van der Waals surface area contributed by atoms with Gasteiger partial charge in [-0.15, -0.1) is 0 Å². The van der Waals surface area contributed by atoms with Gasteiger partial charge in [0, 0.05) is 35.6 Å². The number of nitrogens with zero attached hydrogens (tertiary/aromatic N) is 2. The lowest BCUT2D eigenvalue weighted by Gasteiger charge is -2.37. The molecule has 4 rings (SSSR count). The molecule has 0 radical (unpaired) electrons. The van der Waals surface area contributed by atoms with Crippen LogP contribution in [0.3, 0.4) is 0 Å². The van der Waals surface area contributed by atoms with Crippen LogP contribution in [0, 0.1) is 0 Å². The zero-order valence-corrected chi connectivity index (χ0v) is 18.6. The number of carbonyl (C=O) groups is 1. The van der Waals surface area contributed by atoms with Gasteiger partial charge in [0.1, 0.15) is 11.4 Å². The van der Waals surface area contributed by atoms with E-state index in [1.165, 1.54) is 0 Å². The highest BCUT2D eigenvalue weighted by Crippen LogP contribution is 2.39. The summed E-state index contributed by atoms with van der Waals surface area (Å²) >= 11 is 0. The Labute approximate surface area is 175 Å². The number of rotatable bonds is 2. The molecule has 1 aromatic carbocycles. The van der Waals surface area contributed by atoms with Gasteiger partial charge in [0.25, 0.3) is 5.91 Å². The van der Waals surface area contributed by atoms with Gasteiger partial charge in [0.15, 0.2) is 0 Å². The normalized spacial score (nSPS) is 17.8. The highest BCUT2D eigenvalue weighted by molar-refractivity contribution is 7.85. The van der Waals surface area contributed by atoms with Crippen molar-refractivity contribution in [3.8, 4) is 17.0 Å². The number of fused-ring (bicyclic) bond motifs is 5. The topological polar surface area (TPSA) is 62.5 Å². The van der Waals surface area contributed by atoms with Crippen LogP contribution in [0.5, 0.6) is 5.75 Å². The lowest BCUT2D eigenvalue weighted by molar-refractivity contribution is 0.0558. The third-order valence-electron chi connectivity index (χ3n) is 6.08. The van der Waals surface area contributed by atoms with Gasteiger partial charge in [-0.2, -0.15) is 0 Å². The maximum Gasteiger partial charge on any atom is 0.271 e. The van der Waals surface area contributed by atoms with Crippen molar-refractivity contribution in [1.82, 2.24) is 9.47 Å². The molecule has 2 aliphatic rings. The molecule has 0 saturated carbocycles. The smallest absolute Gasteiger partial charge is 0.271 e. The van der Waals surface area contributed by atoms with Crippen LogP contribution >= 0.6 is 0 Å². The molecule has 5 nitrogen and oxygen atoms in total. The first-order valence-electron chi connectivity index (χ1n) is 10.5. The maximum absolute atomic E-state index is 13.6. The second kappa shape index (κ2) is 7.31. The van der Waals surface area contributed by atoms with Crippen molar-refractivity contribution >= 4 is 16.7 Å². The monoisotopic (exact) mass is 414 g/mol. The second-order valence-corrected chi connectivity index (χ2v) is 10.7. The Morgan fingerprint density at radius 2 is 1.83 bits per heavy atom. The zero-order chi connectivity index (χ0) is 20.9. The van der Waals surface area contributed by atoms with Gasteiger partial charge < -0.3 is 14.6 Å². The van der Waals surface area contributed by atoms with Gasteiger partial charge in [-0.3, -0.25) is 9.00 Å². The summed E-state index contributed by atoms with van der Waals surface area (Å²) in [6.07, 6.45) is 3.72. The molecular weight excluding hydrogens is 384 g/mol. The molecule has 1 atom stereocenters. The zero-order valence-electron chi connectivity index (χ0n) is 17.7. The molecule has 156 valence electrons. The number of aromatic nitrogens is 1. The standard InChI is InChI=1S/C23H30N2O3S/c1-5-29(28)20-14-17-15(13-19(20)26)9-11-24-18(17)12-16-8-6-7-10-25(23(2,3)4)22(27)21(16)24/h12-14,26H,5-11H2,1-4H3. The van der Waals surface area contributed by atoms with Crippen molar-refractivity contribution in [2.45, 2.75) is 70.4 Å². The number of carbonyl (C=O) groups excluding carboxylic acids is 1. The molecule has 2 aromatic rings. The SMILES string of the molecule is CCS(=O)c1cc2c(cc1O)CCn1c-2cc2c1C(=O)N(C(C)(C)C)CCCC2. The van der Waals surface area contributed by atoms with E-state index in [2.05, 4.69) is 31.4 Å². The van der Waals surface area contributed by atoms with Gasteiger partial charge in [-0.1, -0.05) is 6.92 Å². The van der Waals surface area contributed by atoms with E-state index in [0.29, 0.717) is 10.6 Å². The van der Waals surface area contributed by atoms with E-state index in [1.54, 1.807) is 6.07 Å². The third-order valence-corrected chi connectivity index (χ3v) is 7.43. The van der Waals surface area contributed by atoms with E-state index < -0.39 is 10.8 Å². The molecule has 6 heteroatoms. The predicted octanol–water partition coefficient (Wildman–Crippen LogP) is 4.12. The van der Waals surface area contributed by atoms with Crippen LogP contribution in [-0.4, -0.2) is 42.5 Å². The summed E-state index contributed by atoms with van der Waals surface area (Å²) in [5, 5.41) is 10.4. The number of hydrogen-bond donors (Lipinski definition) is 1. The van der Waals surface area contributed by atoms with Crippen LogP contribution in [0.4, 0.5) is 0 Å². The Hall–Kier alpha value is -2.08. The van der Waals surface area contributed by atoms with Crippen LogP contribution in [0.25, 0.3) is 11.3 Å². The predicted molar refractivity (Wildman–Crippen MR) is 116 cm³/mol. The van der Waals surface area contributed by atoms with E-state index in [0.717, 1.165) is 66.9 Å². The number of amides is 1. The average Bonchev–Trinajstić information content (AvgIpc) is 3.01. The van der Waals surface area contributed by atoms with E-state index in [4.69, 9.17) is 0 Å². The van der Waals surface area contributed by atoms with Crippen molar-refractivity contribution in [1.29, 1.82) is 0 Å². The molecule has 1 unspecified atom stereocenters. The lowest BCUT2D eigenvalue weighted by atomic mass is 9.98. The molecule has 0 bridgehead atoms. The number of benzene rings is 1. The molecule has 1 amide bonds. The second-order valence-electron chi connectivity index (χ2n) is 9.00. The number of hydrogen-bond acceptors (Lipinski definition) is 3. The molecule has 29 heavy (non-hydrogen) atoms. The number of phenolic OH excluding ortho intramolecular Hbond substituents is 1. The van der Waals surface area contributed by atoms with E-state index >= 15 is 0 Å². The highest BCUT2D eigenvalue weighted by atomic mass is 32.2. The fourth-order valence-corrected chi connectivity index (χ4v) is 5.44. The van der Waals surface area contributed by atoms with E-state index in [9.17, 15) is 14.1 Å². The lowest BCUT2D eigenvalue weighted by Crippen LogP contribution is -2.47. The third kappa shape index (κ3) is 3.41. The van der Waals surface area contributed by atoms with Crippen LogP contribution in [0.2, 0.25) is 0 Å². The molecular formula is C23H30N2O3S. The Bertz CT molecular complexity index is 1000. The summed E-state index contributed by atoms with van der Waals surface area (Å²) in [6, 6.07) is 5.77. The largest absolute Gasteiger partial charge is 0.507 e. The van der Waals surface area contributed by atoms with Crippen LogP contribution < -0.4 is 0 Å². The minimum absolute atomic E-state index is 0.109. The van der Waals surface area contributed by atoms with Crippen LogP contribution in [-0.2, 0) is 30.2 Å². The molecule has 1 N–H and O–H groups in total. The summed E-state index contributed by atoms with van der Waals surface area (Å²) in [6.45, 7) is 9.64. The fourth-order valence-electron chi connectivity index (χ4n) is 4.59. The number of aromatic hydroxyl groups is 1. The summed E-state index contributed by atoms with van der Waals surface area (Å²) in [7, 11) is -1.23. The summed E-state index contributed by atoms with van der Waals surface area (Å²) in [5.41, 5.74) is 4.75. The molecule has 2 aliphatic heterocycles. The first-order chi connectivity index (χ1) is 13.7. The van der Waals surface area contributed by atoms with Crippen molar-refractivity contribution in [3.05, 3.63) is 35.0 Å². The number of aryl methyl sites for hydroxylation is 2. The Balaban J connectivity index is 1.88. The fraction of sp³-hybridized carbons (Fsp3) is 0.522. The molecule has 0 spiro atoms. The van der Waals surface area contributed by atoms with Gasteiger partial charge in [-0.05, 0) is 75.8 Å². The molecule has 1 aromatic heterocycles. The minimum Gasteiger partial charge on any atom is -0.507 e. The number of phenols is 1. The van der Waals surface area contributed by atoms with E-state index in [1.807, 2.05) is 17.9 Å². The Morgan fingerprint density at radius 1 is 1.07 bits per heavy atom. The van der Waals surface area contributed by atoms with Crippen LogP contribution in [0.1, 0.15) is 62.2 Å².